The third-order valence-corrected chi connectivity index (χ3v) is 4.69. The summed E-state index contributed by atoms with van der Waals surface area (Å²) < 4.78 is 43.0. The van der Waals surface area contributed by atoms with Gasteiger partial charge in [0.05, 0.1) is 17.7 Å². The summed E-state index contributed by atoms with van der Waals surface area (Å²) in [7, 11) is 0. The number of imide groups is 1. The van der Waals surface area contributed by atoms with Crippen LogP contribution in [0.15, 0.2) is 48.5 Å². The maximum atomic E-state index is 12.8. The zero-order chi connectivity index (χ0) is 22.9. The molecule has 2 aromatic rings. The summed E-state index contributed by atoms with van der Waals surface area (Å²) in [5, 5.41) is 1.44. The molecule has 31 heavy (non-hydrogen) atoms. The smallest absolute Gasteiger partial charge is 0.449 e. The zero-order valence-corrected chi connectivity index (χ0v) is 16.6. The summed E-state index contributed by atoms with van der Waals surface area (Å²) in [5.41, 5.74) is 0.146. The number of fused-ring (bicyclic) bond motifs is 1. The summed E-state index contributed by atoms with van der Waals surface area (Å²) in [4.78, 5) is 49.1. The molecule has 7 nitrogen and oxygen atoms in total. The van der Waals surface area contributed by atoms with Gasteiger partial charge in [0.1, 0.15) is 6.10 Å². The first-order valence-corrected chi connectivity index (χ1v) is 9.17. The molecule has 0 aliphatic carbocycles. The first-order chi connectivity index (χ1) is 14.5. The lowest BCUT2D eigenvalue weighted by Gasteiger charge is -2.32. The van der Waals surface area contributed by atoms with Crippen molar-refractivity contribution in [1.29, 1.82) is 0 Å². The molecule has 0 saturated carbocycles. The van der Waals surface area contributed by atoms with Crippen molar-refractivity contribution in [2.24, 2.45) is 0 Å². The van der Waals surface area contributed by atoms with Gasteiger partial charge in [0.25, 0.3) is 11.8 Å². The summed E-state index contributed by atoms with van der Waals surface area (Å²) >= 11 is 5.79. The predicted octanol–water partition coefficient (Wildman–Crippen LogP) is 3.55. The van der Waals surface area contributed by atoms with Gasteiger partial charge in [-0.05, 0) is 29.8 Å². The van der Waals surface area contributed by atoms with Gasteiger partial charge in [-0.3, -0.25) is 14.4 Å². The molecule has 11 heteroatoms. The normalized spacial score (nSPS) is 14.3. The summed E-state index contributed by atoms with van der Waals surface area (Å²) in [6, 6.07) is 11.1. The van der Waals surface area contributed by atoms with E-state index in [1.807, 2.05) is 0 Å². The van der Waals surface area contributed by atoms with Crippen molar-refractivity contribution in [3.8, 4) is 0 Å². The van der Waals surface area contributed by atoms with Crippen molar-refractivity contribution in [2.75, 3.05) is 6.54 Å². The Kier molecular flexibility index (Phi) is 6.03. The maximum Gasteiger partial charge on any atom is 0.490 e. The number of hydrogen-bond donors (Lipinski definition) is 0. The molecule has 0 bridgehead atoms. The Bertz CT molecular complexity index is 1020. The van der Waals surface area contributed by atoms with E-state index >= 15 is 0 Å². The van der Waals surface area contributed by atoms with E-state index in [0.717, 1.165) is 6.92 Å². The minimum atomic E-state index is -5.29. The van der Waals surface area contributed by atoms with Gasteiger partial charge in [0.15, 0.2) is 0 Å². The van der Waals surface area contributed by atoms with Crippen molar-refractivity contribution in [3.05, 3.63) is 70.2 Å². The Morgan fingerprint density at radius 2 is 1.55 bits per heavy atom. The molecule has 3 amide bonds. The summed E-state index contributed by atoms with van der Waals surface area (Å²) in [6.45, 7) is 0.304. The molecule has 0 N–H and O–H groups in total. The van der Waals surface area contributed by atoms with Crippen molar-refractivity contribution < 1.29 is 37.1 Å². The number of carbonyl (C=O) groups excluding carboxylic acids is 4. The van der Waals surface area contributed by atoms with Gasteiger partial charge in [0, 0.05) is 11.9 Å². The van der Waals surface area contributed by atoms with Crippen LogP contribution in [0.1, 0.15) is 39.3 Å². The second-order valence-corrected chi connectivity index (χ2v) is 6.95. The standard InChI is InChI=1S/C20H14ClF3N2O5/c1-11(27)25(26-17(28)14-4-2-3-5-15(14)18(26)29)10-16(31-19(30)20(22,23)24)12-6-8-13(21)9-7-12/h2-9,16H,10H2,1H3. The first kappa shape index (κ1) is 22.3. The van der Waals surface area contributed by atoms with Crippen molar-refractivity contribution >= 4 is 35.3 Å². The van der Waals surface area contributed by atoms with Crippen LogP contribution in [-0.2, 0) is 14.3 Å². The highest BCUT2D eigenvalue weighted by Gasteiger charge is 2.45. The number of alkyl halides is 3. The number of rotatable bonds is 5. The number of amides is 3. The van der Waals surface area contributed by atoms with Crippen LogP contribution in [0.25, 0.3) is 0 Å². The maximum absolute atomic E-state index is 12.8. The van der Waals surface area contributed by atoms with Crippen LogP contribution in [0.5, 0.6) is 0 Å². The lowest BCUT2D eigenvalue weighted by molar-refractivity contribution is -0.207. The molecule has 0 spiro atoms. The molecule has 1 aliphatic rings. The molecule has 0 aromatic heterocycles. The van der Waals surface area contributed by atoms with E-state index in [2.05, 4.69) is 4.74 Å². The summed E-state index contributed by atoms with van der Waals surface area (Å²) in [5.74, 6) is -4.96. The highest BCUT2D eigenvalue weighted by molar-refractivity contribution is 6.30. The van der Waals surface area contributed by atoms with E-state index in [-0.39, 0.29) is 21.7 Å². The minimum absolute atomic E-state index is 0.0362. The zero-order valence-electron chi connectivity index (χ0n) is 15.9. The molecule has 0 saturated heterocycles. The van der Waals surface area contributed by atoms with Gasteiger partial charge >= 0.3 is 12.1 Å². The van der Waals surface area contributed by atoms with Crippen molar-refractivity contribution in [3.63, 3.8) is 0 Å². The minimum Gasteiger partial charge on any atom is -0.449 e. The largest absolute Gasteiger partial charge is 0.490 e. The summed E-state index contributed by atoms with van der Waals surface area (Å²) in [6.07, 6.45) is -6.93. The fourth-order valence-electron chi connectivity index (χ4n) is 2.99. The van der Waals surface area contributed by atoms with E-state index < -0.39 is 42.5 Å². The van der Waals surface area contributed by atoms with E-state index in [1.165, 1.54) is 48.5 Å². The monoisotopic (exact) mass is 454 g/mol. The average molecular weight is 455 g/mol. The molecule has 1 heterocycles. The molecule has 0 fully saturated rings. The Balaban J connectivity index is 1.96. The van der Waals surface area contributed by atoms with Gasteiger partial charge in [-0.1, -0.05) is 35.9 Å². The third kappa shape index (κ3) is 4.53. The van der Waals surface area contributed by atoms with Crippen LogP contribution in [0.3, 0.4) is 0 Å². The number of halogens is 4. The van der Waals surface area contributed by atoms with Crippen LogP contribution in [0.4, 0.5) is 13.2 Å². The molecule has 1 atom stereocenters. The second-order valence-electron chi connectivity index (χ2n) is 6.51. The fourth-order valence-corrected chi connectivity index (χ4v) is 3.11. The van der Waals surface area contributed by atoms with Crippen LogP contribution in [-0.4, -0.2) is 46.4 Å². The number of esters is 1. The van der Waals surface area contributed by atoms with Crippen LogP contribution in [0, 0.1) is 0 Å². The number of hydrogen-bond acceptors (Lipinski definition) is 5. The van der Waals surface area contributed by atoms with Gasteiger partial charge in [-0.15, -0.1) is 0 Å². The Labute approximate surface area is 178 Å². The van der Waals surface area contributed by atoms with Crippen molar-refractivity contribution in [1.82, 2.24) is 10.0 Å². The predicted molar refractivity (Wildman–Crippen MR) is 101 cm³/mol. The molecule has 1 aliphatic heterocycles. The van der Waals surface area contributed by atoms with Gasteiger partial charge in [-0.25, -0.2) is 9.80 Å². The molecule has 3 rings (SSSR count). The molecular weight excluding hydrogens is 441 g/mol. The van der Waals surface area contributed by atoms with E-state index in [0.29, 0.717) is 10.0 Å². The SMILES string of the molecule is CC(=O)N(CC(OC(=O)C(F)(F)F)c1ccc(Cl)cc1)N1C(=O)c2ccccc2C1=O. The Morgan fingerprint density at radius 1 is 1.03 bits per heavy atom. The number of ether oxygens (including phenoxy) is 1. The van der Waals surface area contributed by atoms with Crippen LogP contribution in [0.2, 0.25) is 5.02 Å². The second kappa shape index (κ2) is 8.38. The Hall–Kier alpha value is -3.40. The van der Waals surface area contributed by atoms with Crippen LogP contribution < -0.4 is 0 Å². The number of benzene rings is 2. The molecule has 2 aromatic carbocycles. The molecule has 0 radical (unpaired) electrons. The number of hydrazine groups is 1. The number of carbonyl (C=O) groups is 4. The first-order valence-electron chi connectivity index (χ1n) is 8.79. The van der Waals surface area contributed by atoms with E-state index in [1.54, 1.807) is 0 Å². The highest BCUT2D eigenvalue weighted by Crippen LogP contribution is 2.29. The third-order valence-electron chi connectivity index (χ3n) is 4.44. The lowest BCUT2D eigenvalue weighted by atomic mass is 10.1. The lowest BCUT2D eigenvalue weighted by Crippen LogP contribution is -2.51. The van der Waals surface area contributed by atoms with Crippen molar-refractivity contribution in [2.45, 2.75) is 19.2 Å². The average Bonchev–Trinajstić information content (AvgIpc) is 2.95. The van der Waals surface area contributed by atoms with Gasteiger partial charge in [0.2, 0.25) is 5.91 Å². The molecular formula is C20H14ClF3N2O5. The topological polar surface area (TPSA) is 84.0 Å². The number of nitrogens with zero attached hydrogens (tertiary/aromatic N) is 2. The van der Waals surface area contributed by atoms with Crippen LogP contribution >= 0.6 is 11.6 Å². The van der Waals surface area contributed by atoms with Gasteiger partial charge in [-0.2, -0.15) is 18.2 Å². The van der Waals surface area contributed by atoms with Gasteiger partial charge < -0.3 is 4.74 Å². The molecule has 162 valence electrons. The highest BCUT2D eigenvalue weighted by atomic mass is 35.5. The van der Waals surface area contributed by atoms with E-state index in [4.69, 9.17) is 11.6 Å². The fraction of sp³-hybridized carbons (Fsp3) is 0.200. The Morgan fingerprint density at radius 3 is 2.00 bits per heavy atom. The molecule has 1 unspecified atom stereocenters. The quantitative estimate of drug-likeness (QED) is 0.509. The van der Waals surface area contributed by atoms with E-state index in [9.17, 15) is 32.3 Å².